The smallest absolute Gasteiger partial charge is 0.137 e. The van der Waals surface area contributed by atoms with Crippen LogP contribution in [0.3, 0.4) is 0 Å². The Morgan fingerprint density at radius 3 is 2.65 bits per heavy atom. The standard InChI is InChI=1S/C14H18ClN3OS/c1-14(2,13(19)7-18-10-16-9-17-18)8-20-12-5-3-11(15)4-6-12/h3-6,9-10,13,19H,7-8H2,1-2H3. The molecule has 2 aromatic rings. The second-order valence-corrected chi connectivity index (χ2v) is 6.85. The van der Waals surface area contributed by atoms with Crippen LogP contribution >= 0.6 is 23.4 Å². The first-order valence-corrected chi connectivity index (χ1v) is 7.72. The molecule has 108 valence electrons. The van der Waals surface area contributed by atoms with E-state index < -0.39 is 6.10 Å². The summed E-state index contributed by atoms with van der Waals surface area (Å²) in [7, 11) is 0. The van der Waals surface area contributed by atoms with E-state index in [9.17, 15) is 5.11 Å². The first-order valence-electron chi connectivity index (χ1n) is 6.36. The summed E-state index contributed by atoms with van der Waals surface area (Å²) in [5.74, 6) is 0.810. The summed E-state index contributed by atoms with van der Waals surface area (Å²) in [4.78, 5) is 5.03. The quantitative estimate of drug-likeness (QED) is 0.833. The maximum atomic E-state index is 10.3. The van der Waals surface area contributed by atoms with Crippen molar-refractivity contribution in [3.63, 3.8) is 0 Å². The zero-order valence-electron chi connectivity index (χ0n) is 11.5. The Hall–Kier alpha value is -1.04. The van der Waals surface area contributed by atoms with Crippen molar-refractivity contribution in [3.05, 3.63) is 41.9 Å². The number of aliphatic hydroxyl groups excluding tert-OH is 1. The number of aromatic nitrogens is 3. The Morgan fingerprint density at radius 2 is 2.05 bits per heavy atom. The van der Waals surface area contributed by atoms with Gasteiger partial charge in [-0.15, -0.1) is 11.8 Å². The van der Waals surface area contributed by atoms with Gasteiger partial charge in [0.05, 0.1) is 12.6 Å². The fourth-order valence-corrected chi connectivity index (χ4v) is 2.83. The lowest BCUT2D eigenvalue weighted by Gasteiger charge is -2.30. The van der Waals surface area contributed by atoms with Crippen molar-refractivity contribution in [2.24, 2.45) is 5.41 Å². The first-order chi connectivity index (χ1) is 9.47. The van der Waals surface area contributed by atoms with Crippen molar-refractivity contribution in [1.29, 1.82) is 0 Å². The first kappa shape index (κ1) is 15.4. The van der Waals surface area contributed by atoms with Gasteiger partial charge in [0.15, 0.2) is 0 Å². The lowest BCUT2D eigenvalue weighted by atomic mass is 9.89. The molecule has 1 atom stereocenters. The molecule has 0 aliphatic heterocycles. The number of halogens is 1. The van der Waals surface area contributed by atoms with Gasteiger partial charge in [-0.3, -0.25) is 4.68 Å². The number of thioether (sulfide) groups is 1. The lowest BCUT2D eigenvalue weighted by Crippen LogP contribution is -2.35. The van der Waals surface area contributed by atoms with Crippen LogP contribution in [-0.4, -0.2) is 31.7 Å². The second-order valence-electron chi connectivity index (χ2n) is 5.36. The van der Waals surface area contributed by atoms with Crippen molar-refractivity contribution in [2.75, 3.05) is 5.75 Å². The van der Waals surface area contributed by atoms with E-state index in [1.165, 1.54) is 6.33 Å². The van der Waals surface area contributed by atoms with Gasteiger partial charge in [-0.1, -0.05) is 25.4 Å². The molecule has 1 aromatic heterocycles. The molecular weight excluding hydrogens is 294 g/mol. The molecule has 2 rings (SSSR count). The predicted molar refractivity (Wildman–Crippen MR) is 82.0 cm³/mol. The molecule has 20 heavy (non-hydrogen) atoms. The third-order valence-electron chi connectivity index (χ3n) is 3.15. The SMILES string of the molecule is CC(C)(CSc1ccc(Cl)cc1)C(O)Cn1cncn1. The number of hydrogen-bond donors (Lipinski definition) is 1. The average molecular weight is 312 g/mol. The molecule has 1 heterocycles. The minimum absolute atomic E-state index is 0.226. The highest BCUT2D eigenvalue weighted by molar-refractivity contribution is 7.99. The molecule has 0 aliphatic carbocycles. The predicted octanol–water partition coefficient (Wildman–Crippen LogP) is 3.11. The Morgan fingerprint density at radius 1 is 1.35 bits per heavy atom. The molecule has 1 unspecified atom stereocenters. The van der Waals surface area contributed by atoms with Gasteiger partial charge in [0.2, 0.25) is 0 Å². The number of hydrogen-bond acceptors (Lipinski definition) is 4. The lowest BCUT2D eigenvalue weighted by molar-refractivity contribution is 0.0480. The van der Waals surface area contributed by atoms with Gasteiger partial charge in [0.1, 0.15) is 12.7 Å². The van der Waals surface area contributed by atoms with Crippen LogP contribution in [0.5, 0.6) is 0 Å². The summed E-state index contributed by atoms with van der Waals surface area (Å²) in [5, 5.41) is 15.1. The maximum absolute atomic E-state index is 10.3. The maximum Gasteiger partial charge on any atom is 0.137 e. The van der Waals surface area contributed by atoms with Crippen molar-refractivity contribution in [3.8, 4) is 0 Å². The summed E-state index contributed by atoms with van der Waals surface area (Å²) < 4.78 is 1.65. The minimum atomic E-state index is -0.482. The summed E-state index contributed by atoms with van der Waals surface area (Å²) in [6.45, 7) is 4.56. The summed E-state index contributed by atoms with van der Waals surface area (Å²) in [5.41, 5.74) is -0.226. The van der Waals surface area contributed by atoms with E-state index in [0.717, 1.165) is 15.7 Å². The average Bonchev–Trinajstić information content (AvgIpc) is 2.91. The van der Waals surface area contributed by atoms with Crippen molar-refractivity contribution < 1.29 is 5.11 Å². The van der Waals surface area contributed by atoms with Gasteiger partial charge in [-0.25, -0.2) is 4.98 Å². The van der Waals surface area contributed by atoms with E-state index in [2.05, 4.69) is 23.9 Å². The van der Waals surface area contributed by atoms with E-state index in [4.69, 9.17) is 11.6 Å². The summed E-state index contributed by atoms with van der Waals surface area (Å²) >= 11 is 7.58. The van der Waals surface area contributed by atoms with E-state index >= 15 is 0 Å². The van der Waals surface area contributed by atoms with E-state index in [1.807, 2.05) is 24.3 Å². The topological polar surface area (TPSA) is 50.9 Å². The van der Waals surface area contributed by atoms with Gasteiger partial charge in [0, 0.05) is 21.1 Å². The molecule has 0 spiro atoms. The fraction of sp³-hybridized carbons (Fsp3) is 0.429. The summed E-state index contributed by atoms with van der Waals surface area (Å²) in [6.07, 6.45) is 2.61. The fourth-order valence-electron chi connectivity index (χ4n) is 1.65. The second kappa shape index (κ2) is 6.61. The number of nitrogens with zero attached hydrogens (tertiary/aromatic N) is 3. The van der Waals surface area contributed by atoms with Gasteiger partial charge < -0.3 is 5.11 Å². The Labute approximate surface area is 128 Å². The summed E-state index contributed by atoms with van der Waals surface area (Å²) in [6, 6.07) is 7.74. The molecule has 1 N–H and O–H groups in total. The highest BCUT2D eigenvalue weighted by Gasteiger charge is 2.28. The van der Waals surface area contributed by atoms with Crippen molar-refractivity contribution >= 4 is 23.4 Å². The molecule has 0 radical (unpaired) electrons. The largest absolute Gasteiger partial charge is 0.391 e. The van der Waals surface area contributed by atoms with Crippen LogP contribution in [0.1, 0.15) is 13.8 Å². The third kappa shape index (κ3) is 4.23. The van der Waals surface area contributed by atoms with Gasteiger partial charge >= 0.3 is 0 Å². The Bertz CT molecular complexity index is 528. The third-order valence-corrected chi connectivity index (χ3v) is 4.90. The minimum Gasteiger partial charge on any atom is -0.391 e. The molecule has 0 saturated heterocycles. The molecule has 6 heteroatoms. The number of rotatable bonds is 6. The highest BCUT2D eigenvalue weighted by Crippen LogP contribution is 2.31. The van der Waals surface area contributed by atoms with Crippen molar-refractivity contribution in [1.82, 2.24) is 14.8 Å². The van der Waals surface area contributed by atoms with E-state index in [1.54, 1.807) is 22.8 Å². The molecule has 0 amide bonds. The Kier molecular flexibility index (Phi) is 5.07. The van der Waals surface area contributed by atoms with Crippen LogP contribution in [0, 0.1) is 5.41 Å². The van der Waals surface area contributed by atoms with E-state index in [-0.39, 0.29) is 5.41 Å². The number of benzene rings is 1. The van der Waals surface area contributed by atoms with Crippen LogP contribution < -0.4 is 0 Å². The normalized spacial score (nSPS) is 13.4. The highest BCUT2D eigenvalue weighted by atomic mass is 35.5. The van der Waals surface area contributed by atoms with Crippen LogP contribution in [0.15, 0.2) is 41.8 Å². The van der Waals surface area contributed by atoms with Crippen molar-refractivity contribution in [2.45, 2.75) is 31.4 Å². The molecular formula is C14H18ClN3OS. The van der Waals surface area contributed by atoms with Crippen LogP contribution in [0.25, 0.3) is 0 Å². The molecule has 0 aliphatic rings. The zero-order chi connectivity index (χ0) is 14.6. The molecule has 4 nitrogen and oxygen atoms in total. The molecule has 0 bridgehead atoms. The monoisotopic (exact) mass is 311 g/mol. The van der Waals surface area contributed by atoms with Crippen LogP contribution in [0.4, 0.5) is 0 Å². The van der Waals surface area contributed by atoms with Gasteiger partial charge in [-0.2, -0.15) is 5.10 Å². The molecule has 0 fully saturated rings. The van der Waals surface area contributed by atoms with Crippen LogP contribution in [0.2, 0.25) is 5.02 Å². The molecule has 0 saturated carbocycles. The van der Waals surface area contributed by atoms with E-state index in [0.29, 0.717) is 6.54 Å². The zero-order valence-corrected chi connectivity index (χ0v) is 13.1. The van der Waals surface area contributed by atoms with Gasteiger partial charge in [0.25, 0.3) is 0 Å². The Balaban J connectivity index is 1.90. The van der Waals surface area contributed by atoms with Gasteiger partial charge in [-0.05, 0) is 24.3 Å². The molecule has 1 aromatic carbocycles. The number of aliphatic hydroxyl groups is 1. The van der Waals surface area contributed by atoms with Crippen LogP contribution in [-0.2, 0) is 6.54 Å².